The lowest BCUT2D eigenvalue weighted by atomic mass is 9.46. The molecular weight excluding hydrogens is 415 g/mol. The van der Waals surface area contributed by atoms with E-state index < -0.39 is 11.7 Å². The largest absolute Gasteiger partial charge is 0.393 e. The number of fused-ring (bicyclic) bond motifs is 5. The predicted octanol–water partition coefficient (Wildman–Crippen LogP) is 5.42. The highest BCUT2D eigenvalue weighted by Crippen LogP contribution is 2.67. The second kappa shape index (κ2) is 8.17. The fraction of sp³-hybridized carbons (Fsp3) is 0.724. The van der Waals surface area contributed by atoms with Crippen LogP contribution in [-0.4, -0.2) is 33.1 Å². The van der Waals surface area contributed by atoms with Crippen molar-refractivity contribution in [2.75, 3.05) is 0 Å². The van der Waals surface area contributed by atoms with E-state index in [2.05, 4.69) is 19.9 Å². The van der Waals surface area contributed by atoms with Gasteiger partial charge >= 0.3 is 0 Å². The van der Waals surface area contributed by atoms with Crippen LogP contribution in [0, 0.1) is 40.3 Å². The molecule has 1 aromatic carbocycles. The molecule has 182 valence electrons. The first-order valence-electron chi connectivity index (χ1n) is 13.1. The molecule has 0 radical (unpaired) electrons. The summed E-state index contributed by atoms with van der Waals surface area (Å²) in [5, 5.41) is 33.1. The Kier molecular flexibility index (Phi) is 5.82. The smallest absolute Gasteiger partial charge is 0.123 e. The third-order valence-corrected chi connectivity index (χ3v) is 10.8. The van der Waals surface area contributed by atoms with Gasteiger partial charge in [0.25, 0.3) is 0 Å². The van der Waals surface area contributed by atoms with E-state index in [1.165, 1.54) is 24.1 Å². The molecule has 0 aliphatic heterocycles. The Morgan fingerprint density at radius 2 is 1.79 bits per heavy atom. The van der Waals surface area contributed by atoms with Gasteiger partial charge in [-0.2, -0.15) is 0 Å². The average molecular weight is 457 g/mol. The fourth-order valence-electron chi connectivity index (χ4n) is 8.88. The predicted molar refractivity (Wildman–Crippen MR) is 128 cm³/mol. The van der Waals surface area contributed by atoms with Gasteiger partial charge in [-0.15, -0.1) is 0 Å². The Labute approximate surface area is 198 Å². The van der Waals surface area contributed by atoms with Crippen LogP contribution in [-0.2, 0) is 6.42 Å². The summed E-state index contributed by atoms with van der Waals surface area (Å²) in [6.07, 6.45) is 9.98. The van der Waals surface area contributed by atoms with Crippen LogP contribution in [0.3, 0.4) is 0 Å². The van der Waals surface area contributed by atoms with Crippen LogP contribution in [0.25, 0.3) is 0 Å². The standard InChI is InChI=1S/C29H41FO3/c1-27-14-12-21(31)17-19(27)6-9-22-23-10-11-25(28(23,2)15-13-24(22)27)29(3,33)26(32)16-18-4-7-20(30)8-5-18/h4-8,21-26,31-33H,9-17H2,1-3H3/t21-,22-,23-,24-,25-,26+,27-,28-,29-/m0/s1. The molecule has 0 amide bonds. The summed E-state index contributed by atoms with van der Waals surface area (Å²) in [4.78, 5) is 0. The molecule has 0 unspecified atom stereocenters. The number of benzene rings is 1. The molecule has 3 saturated carbocycles. The lowest BCUT2D eigenvalue weighted by molar-refractivity contribution is -0.148. The summed E-state index contributed by atoms with van der Waals surface area (Å²) >= 11 is 0. The average Bonchev–Trinajstić information content (AvgIpc) is 3.14. The second-order valence-electron chi connectivity index (χ2n) is 12.4. The van der Waals surface area contributed by atoms with Gasteiger partial charge in [0.2, 0.25) is 0 Å². The summed E-state index contributed by atoms with van der Waals surface area (Å²) < 4.78 is 13.3. The van der Waals surface area contributed by atoms with E-state index in [1.54, 1.807) is 12.1 Å². The normalized spacial score (nSPS) is 43.0. The first-order valence-corrected chi connectivity index (χ1v) is 13.1. The van der Waals surface area contributed by atoms with Crippen LogP contribution >= 0.6 is 0 Å². The minimum absolute atomic E-state index is 0.0182. The number of hydrogen-bond acceptors (Lipinski definition) is 3. The summed E-state index contributed by atoms with van der Waals surface area (Å²) in [5.41, 5.74) is 1.39. The van der Waals surface area contributed by atoms with Crippen molar-refractivity contribution >= 4 is 0 Å². The maximum atomic E-state index is 13.3. The first kappa shape index (κ1) is 23.5. The number of aliphatic hydroxyl groups excluding tert-OH is 2. The molecule has 0 bridgehead atoms. The van der Waals surface area contributed by atoms with E-state index in [9.17, 15) is 19.7 Å². The molecule has 1 aromatic rings. The van der Waals surface area contributed by atoms with Crippen LogP contribution < -0.4 is 0 Å². The van der Waals surface area contributed by atoms with Gasteiger partial charge in [0, 0.05) is 6.42 Å². The number of aliphatic hydroxyl groups is 3. The zero-order valence-electron chi connectivity index (χ0n) is 20.4. The molecule has 5 rings (SSSR count). The van der Waals surface area contributed by atoms with Gasteiger partial charge in [-0.25, -0.2) is 4.39 Å². The minimum atomic E-state index is -1.18. The summed E-state index contributed by atoms with van der Waals surface area (Å²) in [6, 6.07) is 6.24. The second-order valence-corrected chi connectivity index (χ2v) is 12.4. The SMILES string of the molecule is C[C@@](O)([C@H](O)Cc1ccc(F)cc1)[C@H]1CC[C@H]2[C@@H]3CC=C4C[C@@H](O)CC[C@]4(C)[C@H]3CC[C@]12C. The maximum absolute atomic E-state index is 13.3. The monoisotopic (exact) mass is 456 g/mol. The topological polar surface area (TPSA) is 60.7 Å². The van der Waals surface area contributed by atoms with Crippen molar-refractivity contribution in [1.82, 2.24) is 0 Å². The molecule has 4 heteroatoms. The van der Waals surface area contributed by atoms with Crippen LogP contribution in [0.4, 0.5) is 4.39 Å². The third-order valence-electron chi connectivity index (χ3n) is 10.8. The molecule has 4 aliphatic rings. The Morgan fingerprint density at radius 3 is 2.52 bits per heavy atom. The van der Waals surface area contributed by atoms with Crippen molar-refractivity contribution in [3.63, 3.8) is 0 Å². The van der Waals surface area contributed by atoms with Crippen LogP contribution in [0.5, 0.6) is 0 Å². The molecular formula is C29H41FO3. The molecule has 0 heterocycles. The number of allylic oxidation sites excluding steroid dienone is 1. The van der Waals surface area contributed by atoms with Crippen molar-refractivity contribution in [3.05, 3.63) is 47.3 Å². The molecule has 3 fully saturated rings. The Bertz CT molecular complexity index is 908. The Morgan fingerprint density at radius 1 is 1.06 bits per heavy atom. The summed E-state index contributed by atoms with van der Waals surface area (Å²) in [6.45, 7) is 6.64. The molecule has 0 aromatic heterocycles. The maximum Gasteiger partial charge on any atom is 0.123 e. The van der Waals surface area contributed by atoms with E-state index in [4.69, 9.17) is 0 Å². The molecule has 3 N–H and O–H groups in total. The summed E-state index contributed by atoms with van der Waals surface area (Å²) in [7, 11) is 0. The van der Waals surface area contributed by atoms with E-state index in [1.807, 2.05) is 6.92 Å². The summed E-state index contributed by atoms with van der Waals surface area (Å²) in [5.74, 6) is 1.62. The third kappa shape index (κ3) is 3.72. The molecule has 4 aliphatic carbocycles. The zero-order valence-corrected chi connectivity index (χ0v) is 20.4. The number of halogens is 1. The van der Waals surface area contributed by atoms with Gasteiger partial charge < -0.3 is 15.3 Å². The van der Waals surface area contributed by atoms with E-state index >= 15 is 0 Å². The minimum Gasteiger partial charge on any atom is -0.393 e. The molecule has 0 saturated heterocycles. The van der Waals surface area contributed by atoms with Gasteiger partial charge in [-0.3, -0.25) is 0 Å². The Hall–Kier alpha value is -1.23. The molecule has 9 atom stereocenters. The Balaban J connectivity index is 1.37. The van der Waals surface area contributed by atoms with E-state index in [-0.39, 0.29) is 28.7 Å². The van der Waals surface area contributed by atoms with Crippen molar-refractivity contribution in [1.29, 1.82) is 0 Å². The van der Waals surface area contributed by atoms with Crippen molar-refractivity contribution in [2.45, 2.75) is 96.4 Å². The van der Waals surface area contributed by atoms with E-state index in [0.29, 0.717) is 24.2 Å². The van der Waals surface area contributed by atoms with Gasteiger partial charge in [0.05, 0.1) is 17.8 Å². The lowest BCUT2D eigenvalue weighted by Gasteiger charge is -2.59. The highest BCUT2D eigenvalue weighted by molar-refractivity contribution is 5.26. The molecule has 0 spiro atoms. The molecule has 3 nitrogen and oxygen atoms in total. The van der Waals surface area contributed by atoms with Crippen LogP contribution in [0.2, 0.25) is 0 Å². The number of rotatable bonds is 4. The number of hydrogen-bond donors (Lipinski definition) is 3. The molecule has 33 heavy (non-hydrogen) atoms. The van der Waals surface area contributed by atoms with Crippen molar-refractivity contribution in [3.8, 4) is 0 Å². The lowest BCUT2D eigenvalue weighted by Crippen LogP contribution is -2.56. The van der Waals surface area contributed by atoms with Crippen LogP contribution in [0.1, 0.15) is 77.7 Å². The zero-order chi connectivity index (χ0) is 23.6. The van der Waals surface area contributed by atoms with Gasteiger partial charge in [-0.1, -0.05) is 37.6 Å². The highest BCUT2D eigenvalue weighted by atomic mass is 19.1. The van der Waals surface area contributed by atoms with Gasteiger partial charge in [-0.05, 0) is 110 Å². The fourth-order valence-corrected chi connectivity index (χ4v) is 8.88. The van der Waals surface area contributed by atoms with E-state index in [0.717, 1.165) is 50.5 Å². The van der Waals surface area contributed by atoms with Crippen LogP contribution in [0.15, 0.2) is 35.9 Å². The quantitative estimate of drug-likeness (QED) is 0.530. The highest BCUT2D eigenvalue weighted by Gasteiger charge is 2.62. The van der Waals surface area contributed by atoms with Crippen molar-refractivity contribution in [2.24, 2.45) is 34.5 Å². The van der Waals surface area contributed by atoms with Crippen molar-refractivity contribution < 1.29 is 19.7 Å². The van der Waals surface area contributed by atoms with Gasteiger partial charge in [0.15, 0.2) is 0 Å². The first-order chi connectivity index (χ1) is 15.6. The van der Waals surface area contributed by atoms with Gasteiger partial charge in [0.1, 0.15) is 5.82 Å².